The summed E-state index contributed by atoms with van der Waals surface area (Å²) in [5.41, 5.74) is 0. The summed E-state index contributed by atoms with van der Waals surface area (Å²) in [5, 5.41) is 3.48. The van der Waals surface area contributed by atoms with Gasteiger partial charge in [-0.05, 0) is 44.0 Å². The van der Waals surface area contributed by atoms with Crippen molar-refractivity contribution in [3.8, 4) is 5.75 Å². The Hall–Kier alpha value is -1.42. The van der Waals surface area contributed by atoms with E-state index in [1.165, 1.54) is 0 Å². The first-order valence-corrected chi connectivity index (χ1v) is 6.50. The van der Waals surface area contributed by atoms with Crippen LogP contribution in [0.3, 0.4) is 0 Å². The van der Waals surface area contributed by atoms with E-state index in [1.807, 2.05) is 11.8 Å². The largest absolute Gasteiger partial charge is 0.471 e. The lowest BCUT2D eigenvalue weighted by Crippen LogP contribution is -2.44. The van der Waals surface area contributed by atoms with Crippen LogP contribution in [0.1, 0.15) is 19.8 Å². The van der Waals surface area contributed by atoms with Gasteiger partial charge in [-0.25, -0.2) is 4.79 Å². The third-order valence-corrected chi connectivity index (χ3v) is 3.10. The van der Waals surface area contributed by atoms with Gasteiger partial charge < -0.3 is 15.0 Å². The van der Waals surface area contributed by atoms with Crippen LogP contribution in [0.5, 0.6) is 5.75 Å². The van der Waals surface area contributed by atoms with Gasteiger partial charge >= 0.3 is 6.03 Å². The number of amides is 2. The molecule has 0 aliphatic carbocycles. The maximum Gasteiger partial charge on any atom is 0.320 e. The standard InChI is InChI=1S/C13H17ClN2O2/c1-10(15-13(17)16-8-2-3-9-16)18-12-6-4-11(14)5-7-12/h4-7,10H,2-3,8-9H2,1H3,(H,15,17). The van der Waals surface area contributed by atoms with Crippen LogP contribution in [-0.2, 0) is 0 Å². The predicted molar refractivity (Wildman–Crippen MR) is 70.9 cm³/mol. The lowest BCUT2D eigenvalue weighted by Gasteiger charge is -2.21. The van der Waals surface area contributed by atoms with Crippen LogP contribution < -0.4 is 10.1 Å². The van der Waals surface area contributed by atoms with E-state index in [-0.39, 0.29) is 12.3 Å². The number of carbonyl (C=O) groups excluding carboxylic acids is 1. The normalized spacial score (nSPS) is 16.4. The Balaban J connectivity index is 1.82. The molecule has 0 radical (unpaired) electrons. The molecule has 0 saturated carbocycles. The number of benzene rings is 1. The average Bonchev–Trinajstić information content (AvgIpc) is 2.85. The van der Waals surface area contributed by atoms with Crippen LogP contribution in [0, 0.1) is 0 Å². The second kappa shape index (κ2) is 5.96. The highest BCUT2D eigenvalue weighted by molar-refractivity contribution is 6.30. The van der Waals surface area contributed by atoms with Crippen molar-refractivity contribution in [1.82, 2.24) is 10.2 Å². The average molecular weight is 269 g/mol. The van der Waals surface area contributed by atoms with Gasteiger partial charge in [-0.2, -0.15) is 0 Å². The van der Waals surface area contributed by atoms with E-state index in [0.29, 0.717) is 10.8 Å². The molecule has 2 rings (SSSR count). The number of nitrogens with zero attached hydrogens (tertiary/aromatic N) is 1. The van der Waals surface area contributed by atoms with Crippen LogP contribution in [0.25, 0.3) is 0 Å². The Bertz CT molecular complexity index is 402. The molecule has 18 heavy (non-hydrogen) atoms. The van der Waals surface area contributed by atoms with E-state index < -0.39 is 0 Å². The Kier molecular flexibility index (Phi) is 4.31. The number of likely N-dealkylation sites (tertiary alicyclic amines) is 1. The Morgan fingerprint density at radius 1 is 1.33 bits per heavy atom. The van der Waals surface area contributed by atoms with Crippen molar-refractivity contribution < 1.29 is 9.53 Å². The molecule has 0 bridgehead atoms. The molecule has 1 unspecified atom stereocenters. The van der Waals surface area contributed by atoms with Gasteiger partial charge in [0.05, 0.1) is 0 Å². The van der Waals surface area contributed by atoms with Gasteiger partial charge in [-0.15, -0.1) is 0 Å². The van der Waals surface area contributed by atoms with Crippen LogP contribution in [-0.4, -0.2) is 30.2 Å². The van der Waals surface area contributed by atoms with Crippen molar-refractivity contribution in [1.29, 1.82) is 0 Å². The van der Waals surface area contributed by atoms with Crippen molar-refractivity contribution in [2.75, 3.05) is 13.1 Å². The molecule has 98 valence electrons. The second-order valence-corrected chi connectivity index (χ2v) is 4.79. The summed E-state index contributed by atoms with van der Waals surface area (Å²) in [5.74, 6) is 0.689. The molecular weight excluding hydrogens is 252 g/mol. The number of halogens is 1. The number of rotatable bonds is 3. The van der Waals surface area contributed by atoms with Crippen molar-refractivity contribution >= 4 is 17.6 Å². The fraction of sp³-hybridized carbons (Fsp3) is 0.462. The molecule has 2 amide bonds. The Labute approximate surface area is 112 Å². The monoisotopic (exact) mass is 268 g/mol. The molecule has 4 nitrogen and oxygen atoms in total. The van der Waals surface area contributed by atoms with E-state index in [0.717, 1.165) is 25.9 Å². The Morgan fingerprint density at radius 3 is 2.56 bits per heavy atom. The first kappa shape index (κ1) is 13.0. The lowest BCUT2D eigenvalue weighted by molar-refractivity contribution is 0.159. The summed E-state index contributed by atoms with van der Waals surface area (Å²) in [6, 6.07) is 7.01. The summed E-state index contributed by atoms with van der Waals surface area (Å²) in [6.45, 7) is 3.47. The third-order valence-electron chi connectivity index (χ3n) is 2.85. The van der Waals surface area contributed by atoms with Crippen LogP contribution in [0.2, 0.25) is 5.02 Å². The maximum absolute atomic E-state index is 11.8. The number of nitrogens with one attached hydrogen (secondary N) is 1. The predicted octanol–water partition coefficient (Wildman–Crippen LogP) is 2.87. The van der Waals surface area contributed by atoms with Gasteiger partial charge in [-0.1, -0.05) is 11.6 Å². The zero-order valence-electron chi connectivity index (χ0n) is 10.4. The van der Waals surface area contributed by atoms with Gasteiger partial charge in [0.25, 0.3) is 0 Å². The van der Waals surface area contributed by atoms with E-state index >= 15 is 0 Å². The van der Waals surface area contributed by atoms with Gasteiger partial charge in [0.2, 0.25) is 0 Å². The minimum atomic E-state index is -0.362. The SMILES string of the molecule is CC(NC(=O)N1CCCC1)Oc1ccc(Cl)cc1. The molecule has 1 aliphatic rings. The molecule has 5 heteroatoms. The second-order valence-electron chi connectivity index (χ2n) is 4.36. The van der Waals surface area contributed by atoms with Crippen molar-refractivity contribution in [3.05, 3.63) is 29.3 Å². The first-order valence-electron chi connectivity index (χ1n) is 6.13. The number of urea groups is 1. The van der Waals surface area contributed by atoms with Gasteiger partial charge in [0, 0.05) is 18.1 Å². The highest BCUT2D eigenvalue weighted by Gasteiger charge is 2.19. The number of hydrogen-bond donors (Lipinski definition) is 1. The molecule has 1 saturated heterocycles. The van der Waals surface area contributed by atoms with Crippen LogP contribution >= 0.6 is 11.6 Å². The maximum atomic E-state index is 11.8. The molecule has 0 aromatic heterocycles. The van der Waals surface area contributed by atoms with E-state index in [9.17, 15) is 4.79 Å². The Morgan fingerprint density at radius 2 is 1.94 bits per heavy atom. The zero-order chi connectivity index (χ0) is 13.0. The molecular formula is C13H17ClN2O2. The highest BCUT2D eigenvalue weighted by atomic mass is 35.5. The van der Waals surface area contributed by atoms with E-state index in [2.05, 4.69) is 5.32 Å². The molecule has 1 aromatic carbocycles. The third kappa shape index (κ3) is 3.53. The quantitative estimate of drug-likeness (QED) is 0.857. The molecule has 1 N–H and O–H groups in total. The smallest absolute Gasteiger partial charge is 0.320 e. The van der Waals surface area contributed by atoms with E-state index in [4.69, 9.17) is 16.3 Å². The fourth-order valence-electron chi connectivity index (χ4n) is 1.93. The van der Waals surface area contributed by atoms with Gasteiger partial charge in [0.15, 0.2) is 6.23 Å². The van der Waals surface area contributed by atoms with Crippen molar-refractivity contribution in [2.24, 2.45) is 0 Å². The number of carbonyl (C=O) groups is 1. The molecule has 1 fully saturated rings. The fourth-order valence-corrected chi connectivity index (χ4v) is 2.06. The summed E-state index contributed by atoms with van der Waals surface area (Å²) >= 11 is 5.79. The molecule has 1 aromatic rings. The van der Waals surface area contributed by atoms with Crippen molar-refractivity contribution in [3.63, 3.8) is 0 Å². The lowest BCUT2D eigenvalue weighted by atomic mass is 10.3. The molecule has 1 aliphatic heterocycles. The summed E-state index contributed by atoms with van der Waals surface area (Å²) in [4.78, 5) is 13.6. The molecule has 1 heterocycles. The van der Waals surface area contributed by atoms with E-state index in [1.54, 1.807) is 24.3 Å². The van der Waals surface area contributed by atoms with Crippen LogP contribution in [0.4, 0.5) is 4.79 Å². The first-order chi connectivity index (χ1) is 8.65. The summed E-state index contributed by atoms with van der Waals surface area (Å²) < 4.78 is 5.58. The molecule has 0 spiro atoms. The number of ether oxygens (including phenoxy) is 1. The topological polar surface area (TPSA) is 41.6 Å². The van der Waals surface area contributed by atoms with Crippen LogP contribution in [0.15, 0.2) is 24.3 Å². The zero-order valence-corrected chi connectivity index (χ0v) is 11.1. The minimum Gasteiger partial charge on any atom is -0.471 e. The van der Waals surface area contributed by atoms with Crippen molar-refractivity contribution in [2.45, 2.75) is 26.0 Å². The van der Waals surface area contributed by atoms with Gasteiger partial charge in [0.1, 0.15) is 5.75 Å². The summed E-state index contributed by atoms with van der Waals surface area (Å²) in [6.07, 6.45) is 1.80. The highest BCUT2D eigenvalue weighted by Crippen LogP contribution is 2.16. The van der Waals surface area contributed by atoms with Gasteiger partial charge in [-0.3, -0.25) is 0 Å². The minimum absolute atomic E-state index is 0.0611. The molecule has 1 atom stereocenters. The number of hydrogen-bond acceptors (Lipinski definition) is 2. The summed E-state index contributed by atoms with van der Waals surface area (Å²) in [7, 11) is 0.